The van der Waals surface area contributed by atoms with Crippen LogP contribution in [0.2, 0.25) is 0 Å². The molecule has 0 saturated carbocycles. The highest BCUT2D eigenvalue weighted by Gasteiger charge is 2.11. The van der Waals surface area contributed by atoms with Gasteiger partial charge in [-0.25, -0.2) is 0 Å². The van der Waals surface area contributed by atoms with Gasteiger partial charge in [-0.2, -0.15) is 0 Å². The predicted molar refractivity (Wildman–Crippen MR) is 111 cm³/mol. The standard InChI is InChI=1S/C23H19N3O/c1-26-19(15-17-9-5-8-14-22(17)26)16-24-21-13-7-6-12-20(21)23(27)25-18-10-3-2-4-11-18/h2-16H,1H3,(H,25,27). The molecule has 0 spiro atoms. The number of aromatic nitrogens is 1. The summed E-state index contributed by atoms with van der Waals surface area (Å²) < 4.78 is 2.09. The van der Waals surface area contributed by atoms with Gasteiger partial charge in [0.05, 0.1) is 23.2 Å². The molecule has 4 heteroatoms. The van der Waals surface area contributed by atoms with Crippen LogP contribution in [0.15, 0.2) is 89.9 Å². The first-order valence-corrected chi connectivity index (χ1v) is 8.76. The molecule has 3 aromatic carbocycles. The molecule has 0 aliphatic rings. The second kappa shape index (κ2) is 7.30. The molecule has 1 heterocycles. The number of aryl methyl sites for hydroxylation is 1. The number of anilines is 1. The minimum atomic E-state index is -0.175. The number of hydrogen-bond donors (Lipinski definition) is 1. The van der Waals surface area contributed by atoms with Crippen molar-refractivity contribution in [2.75, 3.05) is 5.32 Å². The SMILES string of the molecule is Cn1c(C=Nc2ccccc2C(=O)Nc2ccccc2)cc2ccccc21. The molecule has 0 atom stereocenters. The minimum Gasteiger partial charge on any atom is -0.343 e. The summed E-state index contributed by atoms with van der Waals surface area (Å²) in [5.41, 5.74) is 4.06. The lowest BCUT2D eigenvalue weighted by Gasteiger charge is -2.07. The summed E-state index contributed by atoms with van der Waals surface area (Å²) in [6.07, 6.45) is 1.80. The Balaban J connectivity index is 1.63. The Kier molecular flexibility index (Phi) is 4.54. The number of benzene rings is 3. The van der Waals surface area contributed by atoms with Crippen LogP contribution in [0.1, 0.15) is 16.1 Å². The largest absolute Gasteiger partial charge is 0.343 e. The van der Waals surface area contributed by atoms with Crippen LogP contribution in [0.5, 0.6) is 0 Å². The van der Waals surface area contributed by atoms with E-state index < -0.39 is 0 Å². The monoisotopic (exact) mass is 353 g/mol. The summed E-state index contributed by atoms with van der Waals surface area (Å²) in [7, 11) is 2.01. The van der Waals surface area contributed by atoms with Crippen LogP contribution in [-0.4, -0.2) is 16.7 Å². The average Bonchev–Trinajstić information content (AvgIpc) is 3.03. The quantitative estimate of drug-likeness (QED) is 0.505. The van der Waals surface area contributed by atoms with E-state index in [0.717, 1.165) is 22.3 Å². The smallest absolute Gasteiger partial charge is 0.257 e. The number of amides is 1. The molecule has 1 aromatic heterocycles. The van der Waals surface area contributed by atoms with Gasteiger partial charge in [0.25, 0.3) is 5.91 Å². The van der Waals surface area contributed by atoms with E-state index in [1.54, 1.807) is 12.3 Å². The van der Waals surface area contributed by atoms with Crippen LogP contribution in [0.4, 0.5) is 11.4 Å². The summed E-state index contributed by atoms with van der Waals surface area (Å²) in [5.74, 6) is -0.175. The molecule has 132 valence electrons. The van der Waals surface area contributed by atoms with Crippen molar-refractivity contribution in [2.24, 2.45) is 12.0 Å². The van der Waals surface area contributed by atoms with E-state index in [4.69, 9.17) is 0 Å². The third kappa shape index (κ3) is 3.51. The molecular formula is C23H19N3O. The summed E-state index contributed by atoms with van der Waals surface area (Å²) in [6.45, 7) is 0. The first kappa shape index (κ1) is 16.8. The molecule has 0 saturated heterocycles. The van der Waals surface area contributed by atoms with Gasteiger partial charge in [-0.15, -0.1) is 0 Å². The van der Waals surface area contributed by atoms with E-state index in [9.17, 15) is 4.79 Å². The molecule has 27 heavy (non-hydrogen) atoms. The Labute approximate surface area is 157 Å². The van der Waals surface area contributed by atoms with Gasteiger partial charge < -0.3 is 9.88 Å². The number of hydrogen-bond acceptors (Lipinski definition) is 2. The van der Waals surface area contributed by atoms with Crippen LogP contribution in [-0.2, 0) is 7.05 Å². The average molecular weight is 353 g/mol. The van der Waals surface area contributed by atoms with Crippen LogP contribution in [0.25, 0.3) is 10.9 Å². The zero-order chi connectivity index (χ0) is 18.6. The third-order valence-corrected chi connectivity index (χ3v) is 4.51. The Morgan fingerprint density at radius 2 is 1.63 bits per heavy atom. The van der Waals surface area contributed by atoms with Crippen molar-refractivity contribution in [2.45, 2.75) is 0 Å². The van der Waals surface area contributed by atoms with Gasteiger partial charge in [0.1, 0.15) is 0 Å². The molecule has 0 bridgehead atoms. The van der Waals surface area contributed by atoms with E-state index in [0.29, 0.717) is 11.3 Å². The molecule has 0 fully saturated rings. The summed E-state index contributed by atoms with van der Waals surface area (Å²) in [6, 6.07) is 27.1. The van der Waals surface area contributed by atoms with Crippen molar-refractivity contribution in [1.82, 2.24) is 4.57 Å². The van der Waals surface area contributed by atoms with Crippen molar-refractivity contribution in [3.63, 3.8) is 0 Å². The lowest BCUT2D eigenvalue weighted by Crippen LogP contribution is -2.11. The van der Waals surface area contributed by atoms with E-state index in [2.05, 4.69) is 33.1 Å². The van der Waals surface area contributed by atoms with Crippen molar-refractivity contribution in [3.05, 3.63) is 96.2 Å². The number of aliphatic imine (C=N–C) groups is 1. The van der Waals surface area contributed by atoms with Gasteiger partial charge in [0.15, 0.2) is 0 Å². The summed E-state index contributed by atoms with van der Waals surface area (Å²) in [4.78, 5) is 17.3. The van der Waals surface area contributed by atoms with Crippen LogP contribution in [0, 0.1) is 0 Å². The highest BCUT2D eigenvalue weighted by atomic mass is 16.1. The van der Waals surface area contributed by atoms with Crippen molar-refractivity contribution >= 4 is 34.4 Å². The van der Waals surface area contributed by atoms with E-state index in [1.165, 1.54) is 0 Å². The highest BCUT2D eigenvalue weighted by molar-refractivity contribution is 6.08. The number of nitrogens with one attached hydrogen (secondary N) is 1. The van der Waals surface area contributed by atoms with Gasteiger partial charge in [0.2, 0.25) is 0 Å². The van der Waals surface area contributed by atoms with E-state index in [-0.39, 0.29) is 5.91 Å². The van der Waals surface area contributed by atoms with Gasteiger partial charge in [-0.05, 0) is 36.4 Å². The second-order valence-electron chi connectivity index (χ2n) is 6.28. The number of para-hydroxylation sites is 3. The molecule has 4 rings (SSSR count). The first-order valence-electron chi connectivity index (χ1n) is 8.76. The minimum absolute atomic E-state index is 0.175. The first-order chi connectivity index (χ1) is 13.2. The zero-order valence-electron chi connectivity index (χ0n) is 15.0. The Morgan fingerprint density at radius 1 is 0.926 bits per heavy atom. The summed E-state index contributed by atoms with van der Waals surface area (Å²) in [5, 5.41) is 4.08. The maximum absolute atomic E-state index is 12.7. The highest BCUT2D eigenvalue weighted by Crippen LogP contribution is 2.22. The molecule has 0 unspecified atom stereocenters. The van der Waals surface area contributed by atoms with Crippen LogP contribution in [0.3, 0.4) is 0 Å². The topological polar surface area (TPSA) is 46.4 Å². The fourth-order valence-electron chi connectivity index (χ4n) is 3.07. The van der Waals surface area contributed by atoms with Gasteiger partial charge >= 0.3 is 0 Å². The lowest BCUT2D eigenvalue weighted by atomic mass is 10.1. The van der Waals surface area contributed by atoms with Gasteiger partial charge in [-0.1, -0.05) is 48.5 Å². The fraction of sp³-hybridized carbons (Fsp3) is 0.0435. The molecule has 4 aromatic rings. The molecule has 4 nitrogen and oxygen atoms in total. The van der Waals surface area contributed by atoms with Crippen molar-refractivity contribution in [1.29, 1.82) is 0 Å². The van der Waals surface area contributed by atoms with Gasteiger partial charge in [-0.3, -0.25) is 9.79 Å². The van der Waals surface area contributed by atoms with Crippen molar-refractivity contribution in [3.8, 4) is 0 Å². The number of fused-ring (bicyclic) bond motifs is 1. The molecule has 0 aliphatic heterocycles. The van der Waals surface area contributed by atoms with E-state index >= 15 is 0 Å². The Hall–Kier alpha value is -3.66. The fourth-order valence-corrected chi connectivity index (χ4v) is 3.07. The maximum atomic E-state index is 12.7. The van der Waals surface area contributed by atoms with Crippen molar-refractivity contribution < 1.29 is 4.79 Å². The lowest BCUT2D eigenvalue weighted by molar-refractivity contribution is 0.102. The van der Waals surface area contributed by atoms with E-state index in [1.807, 2.05) is 67.7 Å². The number of carbonyl (C=O) groups excluding carboxylic acids is 1. The van der Waals surface area contributed by atoms with Crippen LogP contribution >= 0.6 is 0 Å². The Morgan fingerprint density at radius 3 is 2.44 bits per heavy atom. The maximum Gasteiger partial charge on any atom is 0.257 e. The molecular weight excluding hydrogens is 334 g/mol. The number of nitrogens with zero attached hydrogens (tertiary/aromatic N) is 2. The molecule has 0 aliphatic carbocycles. The molecule has 1 N–H and O–H groups in total. The predicted octanol–water partition coefficient (Wildman–Crippen LogP) is 5.18. The van der Waals surface area contributed by atoms with Gasteiger partial charge in [0, 0.05) is 23.6 Å². The third-order valence-electron chi connectivity index (χ3n) is 4.51. The molecule has 1 amide bonds. The normalized spacial score (nSPS) is 11.1. The van der Waals surface area contributed by atoms with Crippen LogP contribution < -0.4 is 5.32 Å². The number of rotatable bonds is 4. The second-order valence-corrected chi connectivity index (χ2v) is 6.28. The summed E-state index contributed by atoms with van der Waals surface area (Å²) >= 11 is 0. The zero-order valence-corrected chi connectivity index (χ0v) is 15.0. The Bertz CT molecular complexity index is 1130. The number of carbonyl (C=O) groups is 1. The molecule has 0 radical (unpaired) electrons.